The zero-order chi connectivity index (χ0) is 20.4. The fourth-order valence-corrected chi connectivity index (χ4v) is 3.68. The van der Waals surface area contributed by atoms with Crippen LogP contribution in [0, 0.1) is 18.6 Å². The summed E-state index contributed by atoms with van der Waals surface area (Å²) in [7, 11) is 0. The van der Waals surface area contributed by atoms with Gasteiger partial charge in [0.1, 0.15) is 17.5 Å². The molecule has 154 valence electrons. The van der Waals surface area contributed by atoms with Crippen molar-refractivity contribution in [2.24, 2.45) is 0 Å². The molecule has 4 rings (SSSR count). The van der Waals surface area contributed by atoms with Gasteiger partial charge in [0.25, 0.3) is 0 Å². The quantitative estimate of drug-likeness (QED) is 0.855. The highest BCUT2D eigenvalue weighted by Gasteiger charge is 2.24. The number of amides is 2. The second kappa shape index (κ2) is 8.18. The summed E-state index contributed by atoms with van der Waals surface area (Å²) < 4.78 is 26.8. The molecule has 1 N–H and O–H groups in total. The number of hydrogen-bond acceptors (Lipinski definition) is 5. The molecule has 0 aliphatic carbocycles. The number of rotatable bonds is 3. The molecular weight excluding hydrogens is 378 g/mol. The number of carbonyl (C=O) groups is 1. The van der Waals surface area contributed by atoms with E-state index in [9.17, 15) is 13.6 Å². The van der Waals surface area contributed by atoms with Crippen LogP contribution in [0.25, 0.3) is 0 Å². The highest BCUT2D eigenvalue weighted by atomic mass is 19.1. The molecule has 2 aliphatic heterocycles. The molecule has 0 bridgehead atoms. The van der Waals surface area contributed by atoms with Gasteiger partial charge in [0.05, 0.1) is 5.69 Å². The van der Waals surface area contributed by atoms with Crippen molar-refractivity contribution in [1.29, 1.82) is 0 Å². The number of hydrogen-bond donors (Lipinski definition) is 1. The normalized spacial score (nSPS) is 17.0. The fraction of sp³-hybridized carbons (Fsp3) is 0.450. The highest BCUT2D eigenvalue weighted by Crippen LogP contribution is 2.22. The van der Waals surface area contributed by atoms with Gasteiger partial charge in [0.15, 0.2) is 0 Å². The van der Waals surface area contributed by atoms with Gasteiger partial charge in [-0.1, -0.05) is 0 Å². The van der Waals surface area contributed by atoms with Crippen LogP contribution in [-0.4, -0.2) is 60.2 Å². The van der Waals surface area contributed by atoms with Crippen LogP contribution in [-0.2, 0) is 0 Å². The first-order valence-electron chi connectivity index (χ1n) is 9.86. The summed E-state index contributed by atoms with van der Waals surface area (Å²) in [5, 5.41) is 2.51. The number of benzene rings is 1. The van der Waals surface area contributed by atoms with Gasteiger partial charge < -0.3 is 20.0 Å². The van der Waals surface area contributed by atoms with Crippen molar-refractivity contribution >= 4 is 23.5 Å². The first kappa shape index (κ1) is 19.4. The van der Waals surface area contributed by atoms with E-state index in [0.717, 1.165) is 55.5 Å². The molecule has 0 atom stereocenters. The van der Waals surface area contributed by atoms with Gasteiger partial charge in [-0.25, -0.2) is 18.6 Å². The molecule has 2 amide bonds. The Balaban J connectivity index is 1.38. The summed E-state index contributed by atoms with van der Waals surface area (Å²) in [4.78, 5) is 27.7. The second-order valence-corrected chi connectivity index (χ2v) is 7.39. The number of nitrogens with one attached hydrogen (secondary N) is 1. The maximum atomic E-state index is 13.8. The molecule has 1 aromatic carbocycles. The molecule has 0 unspecified atom stereocenters. The largest absolute Gasteiger partial charge is 0.353 e. The van der Waals surface area contributed by atoms with Gasteiger partial charge in [0, 0.05) is 57.1 Å². The molecular formula is C20H24F2N6O. The number of aryl methyl sites for hydroxylation is 1. The first-order chi connectivity index (χ1) is 14.0. The third-order valence-electron chi connectivity index (χ3n) is 5.28. The van der Waals surface area contributed by atoms with Gasteiger partial charge in [-0.05, 0) is 31.9 Å². The SMILES string of the molecule is Cc1cc(N2CCN(C(=O)Nc3ccc(F)cc3F)CC2)nc(N2CCCC2)n1. The number of piperazine rings is 1. The Kier molecular flexibility index (Phi) is 5.46. The highest BCUT2D eigenvalue weighted by molar-refractivity contribution is 5.89. The van der Waals surface area contributed by atoms with Crippen LogP contribution in [0.4, 0.5) is 31.0 Å². The Morgan fingerprint density at radius 3 is 2.38 bits per heavy atom. The molecule has 0 spiro atoms. The average Bonchev–Trinajstić information content (AvgIpc) is 3.25. The van der Waals surface area contributed by atoms with Crippen LogP contribution in [0.1, 0.15) is 18.5 Å². The number of urea groups is 1. The number of halogens is 2. The van der Waals surface area contributed by atoms with E-state index in [2.05, 4.69) is 20.1 Å². The lowest BCUT2D eigenvalue weighted by molar-refractivity contribution is 0.208. The Morgan fingerprint density at radius 1 is 0.966 bits per heavy atom. The molecule has 0 radical (unpaired) electrons. The molecule has 29 heavy (non-hydrogen) atoms. The molecule has 2 fully saturated rings. The molecule has 0 saturated carbocycles. The minimum Gasteiger partial charge on any atom is -0.353 e. The number of nitrogens with zero attached hydrogens (tertiary/aromatic N) is 5. The van der Waals surface area contributed by atoms with Crippen molar-refractivity contribution in [2.45, 2.75) is 19.8 Å². The molecule has 7 nitrogen and oxygen atoms in total. The predicted octanol–water partition coefficient (Wildman–Crippen LogP) is 3.02. The molecule has 2 aliphatic rings. The second-order valence-electron chi connectivity index (χ2n) is 7.39. The van der Waals surface area contributed by atoms with Crippen LogP contribution in [0.2, 0.25) is 0 Å². The van der Waals surface area contributed by atoms with Crippen molar-refractivity contribution in [3.8, 4) is 0 Å². The summed E-state index contributed by atoms with van der Waals surface area (Å²) in [6.45, 7) is 6.14. The zero-order valence-corrected chi connectivity index (χ0v) is 16.4. The van der Waals surface area contributed by atoms with Crippen molar-refractivity contribution in [3.63, 3.8) is 0 Å². The fourth-order valence-electron chi connectivity index (χ4n) is 3.68. The van der Waals surface area contributed by atoms with E-state index in [1.165, 1.54) is 6.07 Å². The third-order valence-corrected chi connectivity index (χ3v) is 5.28. The average molecular weight is 402 g/mol. The van der Waals surface area contributed by atoms with Crippen molar-refractivity contribution in [3.05, 3.63) is 41.6 Å². The van der Waals surface area contributed by atoms with E-state index in [4.69, 9.17) is 4.98 Å². The number of carbonyl (C=O) groups excluding carboxylic acids is 1. The van der Waals surface area contributed by atoms with Crippen LogP contribution in [0.3, 0.4) is 0 Å². The van der Waals surface area contributed by atoms with Crippen molar-refractivity contribution in [2.75, 3.05) is 54.4 Å². The summed E-state index contributed by atoms with van der Waals surface area (Å²) in [6, 6.07) is 4.66. The summed E-state index contributed by atoms with van der Waals surface area (Å²) in [6.07, 6.45) is 2.32. The Labute approximate surface area is 168 Å². The van der Waals surface area contributed by atoms with Gasteiger partial charge in [0.2, 0.25) is 5.95 Å². The first-order valence-corrected chi connectivity index (χ1v) is 9.86. The van der Waals surface area contributed by atoms with E-state index in [-0.39, 0.29) is 5.69 Å². The van der Waals surface area contributed by atoms with Gasteiger partial charge in [-0.2, -0.15) is 4.98 Å². The Bertz CT molecular complexity index is 895. The predicted molar refractivity (Wildman–Crippen MR) is 107 cm³/mol. The third kappa shape index (κ3) is 4.38. The van der Waals surface area contributed by atoms with E-state index in [0.29, 0.717) is 26.2 Å². The number of aromatic nitrogens is 2. The minimum absolute atomic E-state index is 0.0273. The molecule has 3 heterocycles. The summed E-state index contributed by atoms with van der Waals surface area (Å²) in [5.74, 6) is 0.166. The van der Waals surface area contributed by atoms with Crippen molar-refractivity contribution in [1.82, 2.24) is 14.9 Å². The van der Waals surface area contributed by atoms with E-state index in [1.54, 1.807) is 4.90 Å². The maximum absolute atomic E-state index is 13.8. The minimum atomic E-state index is -0.789. The van der Waals surface area contributed by atoms with Crippen LogP contribution in [0.5, 0.6) is 0 Å². The van der Waals surface area contributed by atoms with Crippen LogP contribution in [0.15, 0.2) is 24.3 Å². The topological polar surface area (TPSA) is 64.6 Å². The van der Waals surface area contributed by atoms with E-state index >= 15 is 0 Å². The monoisotopic (exact) mass is 402 g/mol. The Hall–Kier alpha value is -2.97. The summed E-state index contributed by atoms with van der Waals surface area (Å²) in [5.41, 5.74) is 0.893. The lowest BCUT2D eigenvalue weighted by Crippen LogP contribution is -2.50. The van der Waals surface area contributed by atoms with Gasteiger partial charge in [-0.3, -0.25) is 0 Å². The van der Waals surface area contributed by atoms with Crippen molar-refractivity contribution < 1.29 is 13.6 Å². The van der Waals surface area contributed by atoms with Gasteiger partial charge >= 0.3 is 6.03 Å². The van der Waals surface area contributed by atoms with E-state index < -0.39 is 17.7 Å². The van der Waals surface area contributed by atoms with Crippen LogP contribution >= 0.6 is 0 Å². The number of anilines is 3. The molecule has 2 aromatic rings. The lowest BCUT2D eigenvalue weighted by atomic mass is 10.3. The van der Waals surface area contributed by atoms with Gasteiger partial charge in [-0.15, -0.1) is 0 Å². The zero-order valence-electron chi connectivity index (χ0n) is 16.4. The Morgan fingerprint density at radius 2 is 1.69 bits per heavy atom. The molecule has 1 aromatic heterocycles. The van der Waals surface area contributed by atoms with E-state index in [1.807, 2.05) is 13.0 Å². The molecule has 2 saturated heterocycles. The smallest absolute Gasteiger partial charge is 0.322 e. The molecule has 9 heteroatoms. The van der Waals surface area contributed by atoms with Crippen LogP contribution < -0.4 is 15.1 Å². The lowest BCUT2D eigenvalue weighted by Gasteiger charge is -2.35. The standard InChI is InChI=1S/C20H24F2N6O/c1-14-12-18(25-19(23-14)27-6-2-3-7-27)26-8-10-28(11-9-26)20(29)24-17-5-4-15(21)13-16(17)22/h4-5,12-13H,2-3,6-11H2,1H3,(H,24,29). The maximum Gasteiger partial charge on any atom is 0.322 e. The summed E-state index contributed by atoms with van der Waals surface area (Å²) >= 11 is 0.